The SMILES string of the molecule is CC(C)C(=O)CNC(=O)c1cccc(C2CCCN(C(=O)CN3CCC3)C2)c1. The minimum Gasteiger partial charge on any atom is -0.345 e. The first-order chi connectivity index (χ1) is 13.4. The van der Waals surface area contributed by atoms with Gasteiger partial charge in [0.05, 0.1) is 13.1 Å². The van der Waals surface area contributed by atoms with Crippen LogP contribution in [0.15, 0.2) is 24.3 Å². The second-order valence-electron chi connectivity index (χ2n) is 8.24. The minimum atomic E-state index is -0.225. The lowest BCUT2D eigenvalue weighted by molar-refractivity contribution is -0.134. The van der Waals surface area contributed by atoms with E-state index in [0.717, 1.165) is 38.0 Å². The number of hydrogen-bond acceptors (Lipinski definition) is 4. The third-order valence-corrected chi connectivity index (χ3v) is 5.77. The van der Waals surface area contributed by atoms with Crippen LogP contribution in [0.2, 0.25) is 0 Å². The minimum absolute atomic E-state index is 0.0214. The lowest BCUT2D eigenvalue weighted by atomic mass is 9.89. The topological polar surface area (TPSA) is 69.7 Å². The van der Waals surface area contributed by atoms with E-state index in [1.165, 1.54) is 6.42 Å². The lowest BCUT2D eigenvalue weighted by Crippen LogP contribution is -2.48. The van der Waals surface area contributed by atoms with E-state index in [-0.39, 0.29) is 36.0 Å². The van der Waals surface area contributed by atoms with Gasteiger partial charge in [-0.2, -0.15) is 0 Å². The lowest BCUT2D eigenvalue weighted by Gasteiger charge is -2.36. The number of hydrogen-bond donors (Lipinski definition) is 1. The number of rotatable bonds is 7. The molecule has 6 heteroatoms. The van der Waals surface area contributed by atoms with Gasteiger partial charge in [0.15, 0.2) is 5.78 Å². The molecule has 0 spiro atoms. The second-order valence-corrected chi connectivity index (χ2v) is 8.24. The maximum atomic E-state index is 12.5. The van der Waals surface area contributed by atoms with Crippen LogP contribution in [-0.4, -0.2) is 66.7 Å². The van der Waals surface area contributed by atoms with Gasteiger partial charge in [-0.05, 0) is 50.0 Å². The molecule has 2 fully saturated rings. The van der Waals surface area contributed by atoms with E-state index in [1.54, 1.807) is 6.07 Å². The zero-order chi connectivity index (χ0) is 20.1. The summed E-state index contributed by atoms with van der Waals surface area (Å²) in [7, 11) is 0. The summed E-state index contributed by atoms with van der Waals surface area (Å²) in [5.74, 6) is 0.170. The fraction of sp³-hybridized carbons (Fsp3) is 0.591. The van der Waals surface area contributed by atoms with Crippen LogP contribution in [0, 0.1) is 5.92 Å². The molecule has 1 aromatic rings. The quantitative estimate of drug-likeness (QED) is 0.780. The van der Waals surface area contributed by atoms with Crippen LogP contribution in [-0.2, 0) is 9.59 Å². The highest BCUT2D eigenvalue weighted by Gasteiger charge is 2.27. The van der Waals surface area contributed by atoms with Gasteiger partial charge in [-0.25, -0.2) is 0 Å². The number of nitrogens with zero attached hydrogens (tertiary/aromatic N) is 2. The molecule has 2 heterocycles. The summed E-state index contributed by atoms with van der Waals surface area (Å²) in [6.45, 7) is 7.83. The van der Waals surface area contributed by atoms with Crippen molar-refractivity contribution in [2.24, 2.45) is 5.92 Å². The van der Waals surface area contributed by atoms with E-state index in [1.807, 2.05) is 36.9 Å². The molecule has 2 saturated heterocycles. The van der Waals surface area contributed by atoms with Crippen LogP contribution < -0.4 is 5.32 Å². The Labute approximate surface area is 167 Å². The molecular weight excluding hydrogens is 354 g/mol. The van der Waals surface area contributed by atoms with Crippen molar-refractivity contribution >= 4 is 17.6 Å². The van der Waals surface area contributed by atoms with Gasteiger partial charge in [0.1, 0.15) is 0 Å². The Morgan fingerprint density at radius 1 is 1.14 bits per heavy atom. The van der Waals surface area contributed by atoms with Gasteiger partial charge in [-0.3, -0.25) is 19.3 Å². The number of benzene rings is 1. The van der Waals surface area contributed by atoms with Gasteiger partial charge in [0.25, 0.3) is 5.91 Å². The van der Waals surface area contributed by atoms with Crippen LogP contribution in [0.4, 0.5) is 0 Å². The Hall–Kier alpha value is -2.21. The first kappa shape index (κ1) is 20.5. The first-order valence-electron chi connectivity index (χ1n) is 10.3. The zero-order valence-corrected chi connectivity index (χ0v) is 16.9. The molecule has 0 radical (unpaired) electrons. The monoisotopic (exact) mass is 385 g/mol. The number of nitrogens with one attached hydrogen (secondary N) is 1. The molecule has 6 nitrogen and oxygen atoms in total. The number of piperidine rings is 1. The molecule has 2 aliphatic rings. The second kappa shape index (κ2) is 9.32. The average molecular weight is 386 g/mol. The Morgan fingerprint density at radius 3 is 2.61 bits per heavy atom. The largest absolute Gasteiger partial charge is 0.345 e. The molecule has 1 N–H and O–H groups in total. The molecule has 2 amide bonds. The number of ketones is 1. The summed E-state index contributed by atoms with van der Waals surface area (Å²) < 4.78 is 0. The number of carbonyl (C=O) groups excluding carboxylic acids is 3. The molecule has 1 unspecified atom stereocenters. The fourth-order valence-electron chi connectivity index (χ4n) is 3.71. The van der Waals surface area contributed by atoms with Crippen molar-refractivity contribution in [3.8, 4) is 0 Å². The number of amides is 2. The van der Waals surface area contributed by atoms with Crippen molar-refractivity contribution < 1.29 is 14.4 Å². The van der Waals surface area contributed by atoms with Crippen LogP contribution >= 0.6 is 0 Å². The number of likely N-dealkylation sites (tertiary alicyclic amines) is 2. The van der Waals surface area contributed by atoms with E-state index < -0.39 is 0 Å². The molecule has 0 bridgehead atoms. The molecule has 0 saturated carbocycles. The van der Waals surface area contributed by atoms with Crippen LogP contribution in [0.1, 0.15) is 54.9 Å². The molecule has 3 rings (SSSR count). The molecule has 152 valence electrons. The maximum Gasteiger partial charge on any atom is 0.251 e. The Morgan fingerprint density at radius 2 is 1.93 bits per heavy atom. The van der Waals surface area contributed by atoms with Gasteiger partial charge in [-0.15, -0.1) is 0 Å². The molecule has 0 aliphatic carbocycles. The highest BCUT2D eigenvalue weighted by Crippen LogP contribution is 2.27. The summed E-state index contributed by atoms with van der Waals surface area (Å²) in [4.78, 5) is 40.9. The van der Waals surface area contributed by atoms with Crippen molar-refractivity contribution in [2.45, 2.75) is 39.0 Å². The summed E-state index contributed by atoms with van der Waals surface area (Å²) in [6, 6.07) is 7.59. The number of Topliss-reactive ketones (excluding diaryl/α,β-unsaturated/α-hetero) is 1. The Balaban J connectivity index is 1.59. The van der Waals surface area contributed by atoms with E-state index in [9.17, 15) is 14.4 Å². The normalized spacial score (nSPS) is 20.0. The van der Waals surface area contributed by atoms with Crippen molar-refractivity contribution in [2.75, 3.05) is 39.3 Å². The average Bonchev–Trinajstić information content (AvgIpc) is 2.68. The molecule has 1 aromatic carbocycles. The highest BCUT2D eigenvalue weighted by molar-refractivity contribution is 5.97. The third-order valence-electron chi connectivity index (χ3n) is 5.77. The summed E-state index contributed by atoms with van der Waals surface area (Å²) >= 11 is 0. The van der Waals surface area contributed by atoms with Crippen LogP contribution in [0.25, 0.3) is 0 Å². The van der Waals surface area contributed by atoms with Crippen LogP contribution in [0.5, 0.6) is 0 Å². The highest BCUT2D eigenvalue weighted by atomic mass is 16.2. The smallest absolute Gasteiger partial charge is 0.251 e. The van der Waals surface area contributed by atoms with Crippen molar-refractivity contribution in [3.63, 3.8) is 0 Å². The van der Waals surface area contributed by atoms with E-state index in [4.69, 9.17) is 0 Å². The molecule has 1 atom stereocenters. The van der Waals surface area contributed by atoms with Crippen LogP contribution in [0.3, 0.4) is 0 Å². The van der Waals surface area contributed by atoms with E-state index >= 15 is 0 Å². The predicted molar refractivity (Wildman–Crippen MR) is 108 cm³/mol. The number of carbonyl (C=O) groups is 3. The summed E-state index contributed by atoms with van der Waals surface area (Å²) in [5, 5.41) is 2.71. The maximum absolute atomic E-state index is 12.5. The summed E-state index contributed by atoms with van der Waals surface area (Å²) in [5.41, 5.74) is 1.65. The Bertz CT molecular complexity index is 727. The van der Waals surface area contributed by atoms with E-state index in [0.29, 0.717) is 18.7 Å². The van der Waals surface area contributed by atoms with Crippen molar-refractivity contribution in [1.82, 2.24) is 15.1 Å². The molecule has 28 heavy (non-hydrogen) atoms. The molecule has 0 aromatic heterocycles. The van der Waals surface area contributed by atoms with Gasteiger partial charge in [0, 0.05) is 30.5 Å². The van der Waals surface area contributed by atoms with Gasteiger partial charge >= 0.3 is 0 Å². The third kappa shape index (κ3) is 5.19. The predicted octanol–water partition coefficient (Wildman–Crippen LogP) is 2.05. The van der Waals surface area contributed by atoms with E-state index in [2.05, 4.69) is 10.2 Å². The Kier molecular flexibility index (Phi) is 6.83. The molecule has 2 aliphatic heterocycles. The summed E-state index contributed by atoms with van der Waals surface area (Å²) in [6.07, 6.45) is 3.19. The fourth-order valence-corrected chi connectivity index (χ4v) is 3.71. The standard InChI is InChI=1S/C22H31N3O3/c1-16(2)20(26)13-23-22(28)18-7-3-6-17(12-18)19-8-4-11-25(14-19)21(27)15-24-9-5-10-24/h3,6-7,12,16,19H,4-5,8-11,13-15H2,1-2H3,(H,23,28). The zero-order valence-electron chi connectivity index (χ0n) is 16.9. The van der Waals surface area contributed by atoms with Gasteiger partial charge in [-0.1, -0.05) is 26.0 Å². The van der Waals surface area contributed by atoms with Gasteiger partial charge in [0.2, 0.25) is 5.91 Å². The van der Waals surface area contributed by atoms with Gasteiger partial charge < -0.3 is 10.2 Å². The van der Waals surface area contributed by atoms with Crippen molar-refractivity contribution in [1.29, 1.82) is 0 Å². The first-order valence-corrected chi connectivity index (χ1v) is 10.3. The van der Waals surface area contributed by atoms with Crippen molar-refractivity contribution in [3.05, 3.63) is 35.4 Å². The molecular formula is C22H31N3O3.